The minimum atomic E-state index is -0.934. The summed E-state index contributed by atoms with van der Waals surface area (Å²) < 4.78 is 6.66. The molecule has 0 aliphatic heterocycles. The second-order valence-electron chi connectivity index (χ2n) is 2.89. The Morgan fingerprint density at radius 3 is 2.57 bits per heavy atom. The Bertz CT molecular complexity index is 368. The Labute approximate surface area is 80.4 Å². The van der Waals surface area contributed by atoms with Gasteiger partial charge in [0.1, 0.15) is 5.76 Å². The third kappa shape index (κ3) is 1.42. The second-order valence-corrected chi connectivity index (χ2v) is 2.89. The fourth-order valence-electron chi connectivity index (χ4n) is 1.36. The molecule has 14 heavy (non-hydrogen) atoms. The van der Waals surface area contributed by atoms with Crippen molar-refractivity contribution in [1.29, 1.82) is 0 Å². The van der Waals surface area contributed by atoms with Gasteiger partial charge in [0.05, 0.1) is 6.26 Å². The van der Waals surface area contributed by atoms with Crippen molar-refractivity contribution in [3.63, 3.8) is 0 Å². The molecule has 0 fully saturated rings. The van der Waals surface area contributed by atoms with E-state index in [0.29, 0.717) is 5.76 Å². The molecule has 0 amide bonds. The summed E-state index contributed by atoms with van der Waals surface area (Å²) in [5.74, 6) is -0.509. The van der Waals surface area contributed by atoms with E-state index >= 15 is 0 Å². The van der Waals surface area contributed by atoms with Gasteiger partial charge < -0.3 is 14.1 Å². The van der Waals surface area contributed by atoms with Crippen LogP contribution in [-0.2, 0) is 4.79 Å². The molecule has 0 spiro atoms. The third-order valence-corrected chi connectivity index (χ3v) is 1.97. The van der Waals surface area contributed by atoms with Crippen molar-refractivity contribution in [2.75, 3.05) is 0 Å². The van der Waals surface area contributed by atoms with Crippen LogP contribution in [0.4, 0.5) is 0 Å². The first-order valence-corrected chi connectivity index (χ1v) is 4.17. The van der Waals surface area contributed by atoms with Crippen LogP contribution in [0, 0.1) is 0 Å². The van der Waals surface area contributed by atoms with E-state index in [1.54, 1.807) is 41.2 Å². The van der Waals surface area contributed by atoms with E-state index in [-0.39, 0.29) is 0 Å². The molecule has 4 heteroatoms. The van der Waals surface area contributed by atoms with Crippen LogP contribution in [-0.4, -0.2) is 15.6 Å². The fourth-order valence-corrected chi connectivity index (χ4v) is 1.36. The molecule has 72 valence electrons. The largest absolute Gasteiger partial charge is 0.479 e. The zero-order valence-electron chi connectivity index (χ0n) is 7.33. The molecule has 2 rings (SSSR count). The first kappa shape index (κ1) is 8.62. The summed E-state index contributed by atoms with van der Waals surface area (Å²) in [6.45, 7) is 0. The van der Waals surface area contributed by atoms with E-state index in [1.165, 1.54) is 6.26 Å². The topological polar surface area (TPSA) is 55.4 Å². The standard InChI is InChI=1S/C10H9NO3/c12-10(13)9(8-4-3-7-14-8)11-5-1-2-6-11/h1-7,9H,(H,12,13)/t9-/m1/s1. The normalized spacial score (nSPS) is 12.6. The molecule has 2 aromatic heterocycles. The van der Waals surface area contributed by atoms with E-state index in [2.05, 4.69) is 0 Å². The molecule has 2 aromatic rings. The average Bonchev–Trinajstić information content (AvgIpc) is 2.75. The number of furan rings is 1. The monoisotopic (exact) mass is 191 g/mol. The molecule has 1 N–H and O–H groups in total. The van der Waals surface area contributed by atoms with Crippen molar-refractivity contribution < 1.29 is 14.3 Å². The van der Waals surface area contributed by atoms with Gasteiger partial charge in [0.25, 0.3) is 0 Å². The summed E-state index contributed by atoms with van der Waals surface area (Å²) in [4.78, 5) is 11.0. The first-order chi connectivity index (χ1) is 6.79. The lowest BCUT2D eigenvalue weighted by atomic mass is 10.2. The SMILES string of the molecule is O=C(O)[C@@H](c1ccco1)n1cccc1. The number of carbonyl (C=O) groups is 1. The number of rotatable bonds is 3. The van der Waals surface area contributed by atoms with Gasteiger partial charge in [-0.25, -0.2) is 4.79 Å². The van der Waals surface area contributed by atoms with Crippen LogP contribution in [0.2, 0.25) is 0 Å². The third-order valence-electron chi connectivity index (χ3n) is 1.97. The van der Waals surface area contributed by atoms with E-state index in [1.807, 2.05) is 0 Å². The van der Waals surface area contributed by atoms with Crippen LogP contribution < -0.4 is 0 Å². The molecule has 1 atom stereocenters. The lowest BCUT2D eigenvalue weighted by molar-refractivity contribution is -0.140. The molecule has 0 radical (unpaired) electrons. The van der Waals surface area contributed by atoms with E-state index in [9.17, 15) is 4.79 Å². The number of hydrogen-bond acceptors (Lipinski definition) is 2. The minimum Gasteiger partial charge on any atom is -0.479 e. The smallest absolute Gasteiger partial charge is 0.334 e. The van der Waals surface area contributed by atoms with Gasteiger partial charge in [0.15, 0.2) is 6.04 Å². The number of nitrogens with zero attached hydrogens (tertiary/aromatic N) is 1. The van der Waals surface area contributed by atoms with Crippen LogP contribution in [0.1, 0.15) is 11.8 Å². The predicted molar refractivity (Wildman–Crippen MR) is 48.9 cm³/mol. The van der Waals surface area contributed by atoms with Crippen molar-refractivity contribution >= 4 is 5.97 Å². The minimum absolute atomic E-state index is 0.425. The summed E-state index contributed by atoms with van der Waals surface area (Å²) in [7, 11) is 0. The number of hydrogen-bond donors (Lipinski definition) is 1. The van der Waals surface area contributed by atoms with Crippen LogP contribution in [0.5, 0.6) is 0 Å². The van der Waals surface area contributed by atoms with Crippen LogP contribution in [0.3, 0.4) is 0 Å². The van der Waals surface area contributed by atoms with Crippen LogP contribution in [0.25, 0.3) is 0 Å². The molecule has 0 saturated heterocycles. The van der Waals surface area contributed by atoms with E-state index in [4.69, 9.17) is 9.52 Å². The maximum absolute atomic E-state index is 11.0. The molecule has 2 heterocycles. The van der Waals surface area contributed by atoms with Gasteiger partial charge in [0.2, 0.25) is 0 Å². The number of carboxylic acids is 1. The van der Waals surface area contributed by atoms with Crippen LogP contribution >= 0.6 is 0 Å². The fraction of sp³-hybridized carbons (Fsp3) is 0.100. The van der Waals surface area contributed by atoms with Gasteiger partial charge >= 0.3 is 5.97 Å². The predicted octanol–water partition coefficient (Wildman–Crippen LogP) is 1.76. The van der Waals surface area contributed by atoms with Gasteiger partial charge in [0, 0.05) is 12.4 Å². The van der Waals surface area contributed by atoms with Gasteiger partial charge in [-0.1, -0.05) is 0 Å². The lowest BCUT2D eigenvalue weighted by Crippen LogP contribution is -2.18. The molecule has 0 aromatic carbocycles. The highest BCUT2D eigenvalue weighted by Gasteiger charge is 2.23. The Hall–Kier alpha value is -1.97. The van der Waals surface area contributed by atoms with Crippen molar-refractivity contribution in [3.8, 4) is 0 Å². The van der Waals surface area contributed by atoms with Gasteiger partial charge in [-0.15, -0.1) is 0 Å². The maximum Gasteiger partial charge on any atom is 0.334 e. The first-order valence-electron chi connectivity index (χ1n) is 4.17. The van der Waals surface area contributed by atoms with Gasteiger partial charge in [-0.2, -0.15) is 0 Å². The Kier molecular flexibility index (Phi) is 2.10. The van der Waals surface area contributed by atoms with Crippen molar-refractivity contribution in [2.45, 2.75) is 6.04 Å². The lowest BCUT2D eigenvalue weighted by Gasteiger charge is -2.10. The summed E-state index contributed by atoms with van der Waals surface area (Å²) in [6.07, 6.45) is 4.86. The molecule has 0 bridgehead atoms. The van der Waals surface area contributed by atoms with Crippen molar-refractivity contribution in [3.05, 3.63) is 48.7 Å². The Morgan fingerprint density at radius 1 is 1.36 bits per heavy atom. The molecular weight excluding hydrogens is 182 g/mol. The highest BCUT2D eigenvalue weighted by atomic mass is 16.4. The highest BCUT2D eigenvalue weighted by molar-refractivity contribution is 5.75. The number of aromatic nitrogens is 1. The molecule has 0 saturated carbocycles. The average molecular weight is 191 g/mol. The summed E-state index contributed by atoms with van der Waals surface area (Å²) in [5.41, 5.74) is 0. The van der Waals surface area contributed by atoms with Gasteiger partial charge in [-0.3, -0.25) is 0 Å². The highest BCUT2D eigenvalue weighted by Crippen LogP contribution is 2.18. The Balaban J connectivity index is 2.40. The van der Waals surface area contributed by atoms with Crippen LogP contribution in [0.15, 0.2) is 47.3 Å². The second kappa shape index (κ2) is 3.41. The Morgan fingerprint density at radius 2 is 2.07 bits per heavy atom. The molecule has 0 unspecified atom stereocenters. The molecule has 0 aliphatic carbocycles. The van der Waals surface area contributed by atoms with Crippen molar-refractivity contribution in [2.24, 2.45) is 0 Å². The summed E-state index contributed by atoms with van der Waals surface area (Å²) in [6, 6.07) is 6.10. The maximum atomic E-state index is 11.0. The summed E-state index contributed by atoms with van der Waals surface area (Å²) >= 11 is 0. The van der Waals surface area contributed by atoms with Gasteiger partial charge in [-0.05, 0) is 24.3 Å². The number of carboxylic acid groups (broad SMARTS) is 1. The molecular formula is C10H9NO3. The van der Waals surface area contributed by atoms with Crippen molar-refractivity contribution in [1.82, 2.24) is 4.57 Å². The zero-order chi connectivity index (χ0) is 9.97. The number of aliphatic carboxylic acids is 1. The molecule has 0 aliphatic rings. The van der Waals surface area contributed by atoms with E-state index in [0.717, 1.165) is 0 Å². The van der Waals surface area contributed by atoms with E-state index < -0.39 is 12.0 Å². The molecule has 4 nitrogen and oxygen atoms in total. The summed E-state index contributed by atoms with van der Waals surface area (Å²) in [5, 5.41) is 9.04. The quantitative estimate of drug-likeness (QED) is 0.804. The zero-order valence-corrected chi connectivity index (χ0v) is 7.33.